The Hall–Kier alpha value is -2.54. The monoisotopic (exact) mass is 410 g/mol. The topological polar surface area (TPSA) is 49.4 Å². The molecule has 0 amide bonds. The minimum Gasteiger partial charge on any atom is -0.350 e. The van der Waals surface area contributed by atoms with Crippen LogP contribution < -0.4 is 5.32 Å². The van der Waals surface area contributed by atoms with Crippen molar-refractivity contribution in [2.45, 2.75) is 17.9 Å². The van der Waals surface area contributed by atoms with Crippen molar-refractivity contribution in [1.82, 2.24) is 4.31 Å². The number of hydrogen-bond acceptors (Lipinski definition) is 3. The number of nitrogens with zero attached hydrogens (tertiary/aromatic N) is 1. The Labute approximate surface area is 171 Å². The summed E-state index contributed by atoms with van der Waals surface area (Å²) in [7, 11) is -2.09. The fourth-order valence-corrected chi connectivity index (χ4v) is 4.55. The van der Waals surface area contributed by atoms with E-state index in [9.17, 15) is 8.42 Å². The zero-order chi connectivity index (χ0) is 20.1. The van der Waals surface area contributed by atoms with Crippen molar-refractivity contribution in [3.05, 3.63) is 96.1 Å². The molecule has 3 aromatic rings. The highest BCUT2D eigenvalue weighted by Gasteiger charge is 2.30. The first-order valence-electron chi connectivity index (χ1n) is 8.85. The number of anilines is 1. The number of rotatable bonds is 6. The maximum atomic E-state index is 13.3. The lowest BCUT2D eigenvalue weighted by Crippen LogP contribution is -2.32. The highest BCUT2D eigenvalue weighted by molar-refractivity contribution is 7.89. The maximum Gasteiger partial charge on any atom is 0.243 e. The fraction of sp³-hybridized carbons (Fsp3) is 0.136. The van der Waals surface area contributed by atoms with Crippen molar-refractivity contribution in [3.8, 4) is 0 Å². The Morgan fingerprint density at radius 1 is 0.857 bits per heavy atom. The van der Waals surface area contributed by atoms with Gasteiger partial charge >= 0.3 is 0 Å². The van der Waals surface area contributed by atoms with E-state index in [2.05, 4.69) is 5.32 Å². The SMILES string of the molecule is CC(=S)Nc1ccc(S(=O)(=O)N(C)C(c2ccccc2)c2ccccc2)cc1. The van der Waals surface area contributed by atoms with Crippen LogP contribution in [0.5, 0.6) is 0 Å². The Kier molecular flexibility index (Phi) is 6.24. The molecular weight excluding hydrogens is 388 g/mol. The van der Waals surface area contributed by atoms with Gasteiger partial charge in [-0.2, -0.15) is 4.31 Å². The molecule has 1 N–H and O–H groups in total. The van der Waals surface area contributed by atoms with Crippen molar-refractivity contribution in [3.63, 3.8) is 0 Å². The van der Waals surface area contributed by atoms with Crippen LogP contribution in [0, 0.1) is 0 Å². The molecule has 0 aliphatic heterocycles. The first-order valence-corrected chi connectivity index (χ1v) is 10.7. The van der Waals surface area contributed by atoms with E-state index in [0.717, 1.165) is 16.8 Å². The van der Waals surface area contributed by atoms with Crippen LogP contribution in [0.1, 0.15) is 24.1 Å². The van der Waals surface area contributed by atoms with Gasteiger partial charge in [0.05, 0.1) is 15.9 Å². The van der Waals surface area contributed by atoms with Gasteiger partial charge in [-0.05, 0) is 42.3 Å². The molecule has 28 heavy (non-hydrogen) atoms. The highest BCUT2D eigenvalue weighted by atomic mass is 32.2. The lowest BCUT2D eigenvalue weighted by Gasteiger charge is -2.28. The van der Waals surface area contributed by atoms with Gasteiger partial charge in [-0.15, -0.1) is 0 Å². The van der Waals surface area contributed by atoms with E-state index in [0.29, 0.717) is 4.99 Å². The lowest BCUT2D eigenvalue weighted by molar-refractivity contribution is 0.418. The minimum atomic E-state index is -3.71. The molecule has 4 nitrogen and oxygen atoms in total. The molecule has 144 valence electrons. The van der Waals surface area contributed by atoms with Crippen LogP contribution in [0.25, 0.3) is 0 Å². The van der Waals surface area contributed by atoms with E-state index in [1.165, 1.54) is 4.31 Å². The second-order valence-electron chi connectivity index (χ2n) is 6.45. The smallest absolute Gasteiger partial charge is 0.243 e. The third kappa shape index (κ3) is 4.47. The predicted molar refractivity (Wildman–Crippen MR) is 118 cm³/mol. The molecule has 6 heteroatoms. The van der Waals surface area contributed by atoms with E-state index in [1.54, 1.807) is 38.2 Å². The van der Waals surface area contributed by atoms with Gasteiger partial charge < -0.3 is 5.32 Å². The van der Waals surface area contributed by atoms with Gasteiger partial charge in [0.1, 0.15) is 0 Å². The molecule has 0 aliphatic rings. The molecule has 3 rings (SSSR count). The quantitative estimate of drug-likeness (QED) is 0.590. The Morgan fingerprint density at radius 2 is 1.32 bits per heavy atom. The van der Waals surface area contributed by atoms with Crippen molar-refractivity contribution >= 4 is 32.9 Å². The minimum absolute atomic E-state index is 0.236. The largest absolute Gasteiger partial charge is 0.350 e. The summed E-state index contributed by atoms with van der Waals surface area (Å²) in [5, 5.41) is 3.01. The van der Waals surface area contributed by atoms with E-state index in [-0.39, 0.29) is 4.90 Å². The fourth-order valence-electron chi connectivity index (χ4n) is 3.10. The number of benzene rings is 3. The first kappa shape index (κ1) is 20.2. The lowest BCUT2D eigenvalue weighted by atomic mass is 9.99. The Morgan fingerprint density at radius 3 is 1.75 bits per heavy atom. The Balaban J connectivity index is 2.00. The van der Waals surface area contributed by atoms with Crippen LogP contribution >= 0.6 is 12.2 Å². The molecule has 0 heterocycles. The summed E-state index contributed by atoms with van der Waals surface area (Å²) in [6.07, 6.45) is 0. The highest BCUT2D eigenvalue weighted by Crippen LogP contribution is 2.32. The predicted octanol–water partition coefficient (Wildman–Crippen LogP) is 4.86. The number of hydrogen-bond donors (Lipinski definition) is 1. The second kappa shape index (κ2) is 8.65. The Bertz CT molecular complexity index is 995. The summed E-state index contributed by atoms with van der Waals surface area (Å²) in [6.45, 7) is 1.78. The van der Waals surface area contributed by atoms with Crippen molar-refractivity contribution < 1.29 is 8.42 Å². The molecule has 0 unspecified atom stereocenters. The molecule has 0 saturated heterocycles. The molecule has 0 bridgehead atoms. The molecule has 0 spiro atoms. The third-order valence-corrected chi connectivity index (χ3v) is 6.38. The molecule has 0 radical (unpaired) electrons. The molecule has 3 aromatic carbocycles. The van der Waals surface area contributed by atoms with E-state index in [1.807, 2.05) is 60.7 Å². The maximum absolute atomic E-state index is 13.3. The van der Waals surface area contributed by atoms with E-state index >= 15 is 0 Å². The zero-order valence-corrected chi connectivity index (χ0v) is 17.4. The van der Waals surface area contributed by atoms with Crippen LogP contribution in [0.15, 0.2) is 89.8 Å². The normalized spacial score (nSPS) is 11.6. The summed E-state index contributed by atoms with van der Waals surface area (Å²) >= 11 is 5.03. The van der Waals surface area contributed by atoms with E-state index in [4.69, 9.17) is 12.2 Å². The average Bonchev–Trinajstić information content (AvgIpc) is 2.70. The summed E-state index contributed by atoms with van der Waals surface area (Å²) in [6, 6.07) is 25.5. The van der Waals surface area contributed by atoms with Crippen molar-refractivity contribution in [2.24, 2.45) is 0 Å². The summed E-state index contributed by atoms with van der Waals surface area (Å²) in [5.41, 5.74) is 2.58. The van der Waals surface area contributed by atoms with Gasteiger partial charge in [-0.1, -0.05) is 72.9 Å². The second-order valence-corrected chi connectivity index (χ2v) is 9.06. The number of sulfonamides is 1. The summed E-state index contributed by atoms with van der Waals surface area (Å²) in [4.78, 5) is 0.861. The van der Waals surface area contributed by atoms with Gasteiger partial charge in [0, 0.05) is 12.7 Å². The van der Waals surface area contributed by atoms with Crippen LogP contribution in [0.3, 0.4) is 0 Å². The summed E-state index contributed by atoms with van der Waals surface area (Å²) in [5.74, 6) is 0. The third-order valence-electron chi connectivity index (χ3n) is 4.45. The zero-order valence-electron chi connectivity index (χ0n) is 15.7. The molecule has 0 saturated carbocycles. The molecule has 0 aromatic heterocycles. The van der Waals surface area contributed by atoms with Gasteiger partial charge in [-0.25, -0.2) is 8.42 Å². The van der Waals surface area contributed by atoms with Crippen LogP contribution in [-0.4, -0.2) is 24.8 Å². The van der Waals surface area contributed by atoms with Gasteiger partial charge in [-0.3, -0.25) is 0 Å². The molecule has 0 aliphatic carbocycles. The molecular formula is C22H22N2O2S2. The van der Waals surface area contributed by atoms with Crippen LogP contribution in [0.2, 0.25) is 0 Å². The molecule has 0 fully saturated rings. The number of thiocarbonyl (C=S) groups is 1. The van der Waals surface area contributed by atoms with Gasteiger partial charge in [0.25, 0.3) is 0 Å². The number of nitrogens with one attached hydrogen (secondary N) is 1. The summed E-state index contributed by atoms with van der Waals surface area (Å²) < 4.78 is 28.1. The first-order chi connectivity index (χ1) is 13.4. The van der Waals surface area contributed by atoms with Crippen molar-refractivity contribution in [1.29, 1.82) is 0 Å². The van der Waals surface area contributed by atoms with Crippen LogP contribution in [-0.2, 0) is 10.0 Å². The van der Waals surface area contributed by atoms with Gasteiger partial charge in [0.2, 0.25) is 10.0 Å². The van der Waals surface area contributed by atoms with Gasteiger partial charge in [0.15, 0.2) is 0 Å². The van der Waals surface area contributed by atoms with E-state index < -0.39 is 16.1 Å². The standard InChI is InChI=1S/C22H22N2O2S2/c1-17(27)23-20-13-15-21(16-14-20)28(25,26)24(2)22(18-9-5-3-6-10-18)19-11-7-4-8-12-19/h3-16,22H,1-2H3,(H,23,27). The molecule has 0 atom stereocenters. The van der Waals surface area contributed by atoms with Crippen LogP contribution in [0.4, 0.5) is 5.69 Å². The van der Waals surface area contributed by atoms with Crippen molar-refractivity contribution in [2.75, 3.05) is 12.4 Å². The average molecular weight is 411 g/mol.